The van der Waals surface area contributed by atoms with Gasteiger partial charge >= 0.3 is 5.97 Å². The molecule has 158 valence electrons. The zero-order valence-corrected chi connectivity index (χ0v) is 18.4. The predicted octanol–water partition coefficient (Wildman–Crippen LogP) is 4.73. The molecule has 1 amide bonds. The summed E-state index contributed by atoms with van der Waals surface area (Å²) in [5.41, 5.74) is 3.35. The van der Waals surface area contributed by atoms with E-state index in [0.717, 1.165) is 16.8 Å². The van der Waals surface area contributed by atoms with E-state index in [1.165, 1.54) is 0 Å². The van der Waals surface area contributed by atoms with Crippen LogP contribution in [0.5, 0.6) is 0 Å². The number of rotatable bonds is 7. The average Bonchev–Trinajstić information content (AvgIpc) is 3.11. The smallest absolute Gasteiger partial charge is 0.312 e. The van der Waals surface area contributed by atoms with Gasteiger partial charge in [0.1, 0.15) is 0 Å². The van der Waals surface area contributed by atoms with Gasteiger partial charge in [-0.05, 0) is 61.4 Å². The number of esters is 1. The quantitative estimate of drug-likeness (QED) is 0.349. The van der Waals surface area contributed by atoms with Crippen molar-refractivity contribution in [2.75, 3.05) is 17.3 Å². The van der Waals surface area contributed by atoms with E-state index in [-0.39, 0.29) is 37.0 Å². The summed E-state index contributed by atoms with van der Waals surface area (Å²) in [7, 11) is 0. The van der Waals surface area contributed by atoms with Crippen LogP contribution >= 0.6 is 23.2 Å². The number of benzene rings is 2. The Morgan fingerprint density at radius 3 is 2.47 bits per heavy atom. The van der Waals surface area contributed by atoms with Crippen LogP contribution in [0.4, 0.5) is 5.69 Å². The Labute approximate surface area is 185 Å². The Balaban J connectivity index is 1.70. The lowest BCUT2D eigenvalue weighted by Crippen LogP contribution is -2.32. The number of ketones is 1. The standard InChI is InChI=1S/C23H23Cl2NO4/c1-14-3-8-19(11-15(14)2)26-13-17(12-21(26)27)23(29)30-20(9-10-24)22(28)16-4-6-18(25)7-5-16/h3-8,11,17,20H,9-10,12-13H2,1-2H3/t17-,20-/m0/s1. The van der Waals surface area contributed by atoms with Gasteiger partial charge < -0.3 is 9.64 Å². The number of aryl methyl sites for hydroxylation is 2. The maximum Gasteiger partial charge on any atom is 0.312 e. The van der Waals surface area contributed by atoms with Crippen molar-refractivity contribution >= 4 is 46.5 Å². The van der Waals surface area contributed by atoms with Crippen molar-refractivity contribution in [1.29, 1.82) is 0 Å². The van der Waals surface area contributed by atoms with Crippen LogP contribution in [0.3, 0.4) is 0 Å². The summed E-state index contributed by atoms with van der Waals surface area (Å²) in [6, 6.07) is 12.1. The Morgan fingerprint density at radius 2 is 1.83 bits per heavy atom. The summed E-state index contributed by atoms with van der Waals surface area (Å²) in [4.78, 5) is 39.6. The number of carbonyl (C=O) groups is 3. The van der Waals surface area contributed by atoms with Crippen LogP contribution in [0.25, 0.3) is 0 Å². The van der Waals surface area contributed by atoms with Gasteiger partial charge in [-0.3, -0.25) is 14.4 Å². The summed E-state index contributed by atoms with van der Waals surface area (Å²) in [6.07, 6.45) is -0.757. The van der Waals surface area contributed by atoms with Gasteiger partial charge in [0.15, 0.2) is 6.10 Å². The van der Waals surface area contributed by atoms with Crippen molar-refractivity contribution in [2.24, 2.45) is 5.92 Å². The first kappa shape index (κ1) is 22.3. The molecule has 2 aromatic carbocycles. The van der Waals surface area contributed by atoms with Crippen LogP contribution in [0.15, 0.2) is 42.5 Å². The molecule has 2 aromatic rings. The summed E-state index contributed by atoms with van der Waals surface area (Å²) in [5.74, 6) is -1.51. The first-order valence-corrected chi connectivity index (χ1v) is 10.6. The van der Waals surface area contributed by atoms with E-state index in [1.807, 2.05) is 32.0 Å². The van der Waals surface area contributed by atoms with Gasteiger partial charge in [-0.1, -0.05) is 17.7 Å². The third-order valence-corrected chi connectivity index (χ3v) is 5.78. The molecule has 0 aromatic heterocycles. The molecule has 3 rings (SSSR count). The van der Waals surface area contributed by atoms with Crippen molar-refractivity contribution in [1.82, 2.24) is 0 Å². The summed E-state index contributed by atoms with van der Waals surface area (Å²) in [5, 5.41) is 0.508. The molecule has 0 aliphatic carbocycles. The first-order chi connectivity index (χ1) is 14.3. The number of Topliss-reactive ketones (excluding diaryl/α,β-unsaturated/α-hetero) is 1. The number of hydrogen-bond donors (Lipinski definition) is 0. The van der Waals surface area contributed by atoms with Crippen LogP contribution in [-0.4, -0.2) is 36.2 Å². The van der Waals surface area contributed by atoms with E-state index >= 15 is 0 Å². The highest BCUT2D eigenvalue weighted by molar-refractivity contribution is 6.30. The fourth-order valence-electron chi connectivity index (χ4n) is 3.39. The second-order valence-electron chi connectivity index (χ2n) is 7.45. The molecule has 1 heterocycles. The van der Waals surface area contributed by atoms with Crippen molar-refractivity contribution in [3.8, 4) is 0 Å². The van der Waals surface area contributed by atoms with Crippen molar-refractivity contribution in [3.63, 3.8) is 0 Å². The number of anilines is 1. The number of nitrogens with zero attached hydrogens (tertiary/aromatic N) is 1. The molecule has 0 unspecified atom stereocenters. The molecule has 0 spiro atoms. The largest absolute Gasteiger partial charge is 0.454 e. The van der Waals surface area contributed by atoms with Crippen LogP contribution in [-0.2, 0) is 14.3 Å². The molecule has 5 nitrogen and oxygen atoms in total. The molecule has 0 radical (unpaired) electrons. The van der Waals surface area contributed by atoms with Gasteiger partial charge in [0.05, 0.1) is 5.92 Å². The third kappa shape index (κ3) is 5.02. The maximum absolute atomic E-state index is 12.8. The van der Waals surface area contributed by atoms with Crippen LogP contribution < -0.4 is 4.90 Å². The Bertz CT molecular complexity index is 958. The minimum absolute atomic E-state index is 0.0501. The van der Waals surface area contributed by atoms with E-state index in [2.05, 4.69) is 0 Å². The van der Waals surface area contributed by atoms with E-state index < -0.39 is 18.0 Å². The zero-order chi connectivity index (χ0) is 21.8. The number of halogens is 2. The number of ether oxygens (including phenoxy) is 1. The molecule has 1 fully saturated rings. The molecular formula is C23H23Cl2NO4. The topological polar surface area (TPSA) is 63.7 Å². The Hall–Kier alpha value is -2.37. The molecule has 0 bridgehead atoms. The molecule has 2 atom stereocenters. The molecule has 1 aliphatic rings. The zero-order valence-electron chi connectivity index (χ0n) is 16.9. The van der Waals surface area contributed by atoms with E-state index in [0.29, 0.717) is 10.6 Å². The minimum atomic E-state index is -0.998. The molecular weight excluding hydrogens is 425 g/mol. The number of carbonyl (C=O) groups excluding carboxylic acids is 3. The highest BCUT2D eigenvalue weighted by Crippen LogP contribution is 2.28. The lowest BCUT2D eigenvalue weighted by atomic mass is 10.0. The number of hydrogen-bond acceptors (Lipinski definition) is 4. The fourth-order valence-corrected chi connectivity index (χ4v) is 3.71. The lowest BCUT2D eigenvalue weighted by molar-refractivity contribution is -0.151. The second kappa shape index (κ2) is 9.63. The van der Waals surface area contributed by atoms with Crippen molar-refractivity contribution in [3.05, 3.63) is 64.2 Å². The Morgan fingerprint density at radius 1 is 1.13 bits per heavy atom. The SMILES string of the molecule is Cc1ccc(N2C[C@@H](C(=O)O[C@@H](CCCl)C(=O)c3ccc(Cl)cc3)CC2=O)cc1C. The lowest BCUT2D eigenvalue weighted by Gasteiger charge is -2.20. The van der Waals surface area contributed by atoms with Crippen LogP contribution in [0.1, 0.15) is 34.3 Å². The number of alkyl halides is 1. The van der Waals surface area contributed by atoms with Gasteiger partial charge in [0.25, 0.3) is 0 Å². The van der Waals surface area contributed by atoms with Gasteiger partial charge in [-0.15, -0.1) is 11.6 Å². The van der Waals surface area contributed by atoms with Gasteiger partial charge in [0.2, 0.25) is 11.7 Å². The van der Waals surface area contributed by atoms with Gasteiger partial charge in [0, 0.05) is 41.5 Å². The van der Waals surface area contributed by atoms with E-state index in [4.69, 9.17) is 27.9 Å². The highest BCUT2D eigenvalue weighted by atomic mass is 35.5. The van der Waals surface area contributed by atoms with E-state index in [9.17, 15) is 14.4 Å². The highest BCUT2D eigenvalue weighted by Gasteiger charge is 2.38. The van der Waals surface area contributed by atoms with E-state index in [1.54, 1.807) is 29.2 Å². The molecule has 1 saturated heterocycles. The van der Waals surface area contributed by atoms with Crippen LogP contribution in [0, 0.1) is 19.8 Å². The molecule has 30 heavy (non-hydrogen) atoms. The molecule has 1 aliphatic heterocycles. The summed E-state index contributed by atoms with van der Waals surface area (Å²) < 4.78 is 5.51. The van der Waals surface area contributed by atoms with Gasteiger partial charge in [-0.2, -0.15) is 0 Å². The molecule has 0 saturated carbocycles. The van der Waals surface area contributed by atoms with Crippen LogP contribution in [0.2, 0.25) is 5.02 Å². The predicted molar refractivity (Wildman–Crippen MR) is 117 cm³/mol. The molecule has 7 heteroatoms. The summed E-state index contributed by atoms with van der Waals surface area (Å²) >= 11 is 11.7. The van der Waals surface area contributed by atoms with Crippen molar-refractivity contribution in [2.45, 2.75) is 32.8 Å². The average molecular weight is 448 g/mol. The fraction of sp³-hybridized carbons (Fsp3) is 0.348. The number of amides is 1. The maximum atomic E-state index is 12.8. The third-order valence-electron chi connectivity index (χ3n) is 5.31. The minimum Gasteiger partial charge on any atom is -0.454 e. The second-order valence-corrected chi connectivity index (χ2v) is 8.26. The molecule has 0 N–H and O–H groups in total. The van der Waals surface area contributed by atoms with Gasteiger partial charge in [-0.25, -0.2) is 0 Å². The Kier molecular flexibility index (Phi) is 7.16. The monoisotopic (exact) mass is 447 g/mol. The normalized spacial score (nSPS) is 17.1. The summed E-state index contributed by atoms with van der Waals surface area (Å²) in [6.45, 7) is 4.20. The van der Waals surface area contributed by atoms with Crippen molar-refractivity contribution < 1.29 is 19.1 Å². The first-order valence-electron chi connectivity index (χ1n) is 9.74.